The number of benzene rings is 1. The van der Waals surface area contributed by atoms with Crippen molar-refractivity contribution in [2.45, 2.75) is 26.3 Å². The van der Waals surface area contributed by atoms with Gasteiger partial charge in [0.15, 0.2) is 0 Å². The summed E-state index contributed by atoms with van der Waals surface area (Å²) in [5.74, 6) is 0.111. The van der Waals surface area contributed by atoms with Gasteiger partial charge in [0.25, 0.3) is 0 Å². The van der Waals surface area contributed by atoms with Crippen LogP contribution in [-0.4, -0.2) is 30.6 Å². The summed E-state index contributed by atoms with van der Waals surface area (Å²) in [7, 11) is 0. The molecule has 1 saturated heterocycles. The predicted octanol–water partition coefficient (Wildman–Crippen LogP) is 2.84. The quantitative estimate of drug-likeness (QED) is 0.906. The molecule has 0 spiro atoms. The zero-order chi connectivity index (χ0) is 13.8. The molecule has 19 heavy (non-hydrogen) atoms. The largest absolute Gasteiger partial charge is 0.384 e. The van der Waals surface area contributed by atoms with Crippen molar-refractivity contribution < 1.29 is 4.39 Å². The van der Waals surface area contributed by atoms with Crippen LogP contribution in [0.1, 0.15) is 25.8 Å². The number of hydrogen-bond acceptors (Lipinski definition) is 3. The second kappa shape index (κ2) is 6.03. The first-order valence-electron chi connectivity index (χ1n) is 6.78. The fraction of sp³-hybridized carbons (Fsp3) is 0.533. The third-order valence-electron chi connectivity index (χ3n) is 3.75. The molecule has 1 fully saturated rings. The first kappa shape index (κ1) is 13.8. The summed E-state index contributed by atoms with van der Waals surface area (Å²) in [6.07, 6.45) is 1.16. The Balaban J connectivity index is 1.94. The van der Waals surface area contributed by atoms with Gasteiger partial charge < -0.3 is 10.2 Å². The minimum atomic E-state index is -0.456. The highest BCUT2D eigenvalue weighted by Gasteiger charge is 2.24. The zero-order valence-corrected chi connectivity index (χ0v) is 11.5. The van der Waals surface area contributed by atoms with Crippen LogP contribution in [0.5, 0.6) is 0 Å². The van der Waals surface area contributed by atoms with Crippen LogP contribution in [-0.2, 0) is 0 Å². The Morgan fingerprint density at radius 3 is 2.95 bits per heavy atom. The SMILES string of the molecule is CC(C)N1CCC(CNc2cccc(F)c2C#N)C1. The summed E-state index contributed by atoms with van der Waals surface area (Å²) in [6, 6.07) is 7.21. The first-order chi connectivity index (χ1) is 9.11. The Bertz CT molecular complexity index is 479. The molecule has 0 aliphatic carbocycles. The average molecular weight is 261 g/mol. The van der Waals surface area contributed by atoms with E-state index in [0.717, 1.165) is 26.1 Å². The number of hydrogen-bond donors (Lipinski definition) is 1. The number of anilines is 1. The van der Waals surface area contributed by atoms with E-state index in [1.807, 2.05) is 6.07 Å². The molecule has 0 amide bonds. The van der Waals surface area contributed by atoms with E-state index in [0.29, 0.717) is 17.6 Å². The molecule has 1 atom stereocenters. The smallest absolute Gasteiger partial charge is 0.143 e. The van der Waals surface area contributed by atoms with E-state index in [1.165, 1.54) is 6.07 Å². The van der Waals surface area contributed by atoms with Crippen molar-refractivity contribution >= 4 is 5.69 Å². The molecule has 1 N–H and O–H groups in total. The Hall–Kier alpha value is -1.60. The normalized spacial score (nSPS) is 19.6. The van der Waals surface area contributed by atoms with Gasteiger partial charge in [0.2, 0.25) is 0 Å². The maximum atomic E-state index is 13.4. The van der Waals surface area contributed by atoms with Gasteiger partial charge in [0.1, 0.15) is 17.4 Å². The van der Waals surface area contributed by atoms with E-state index >= 15 is 0 Å². The molecular formula is C15H20FN3. The number of nitrogens with zero attached hydrogens (tertiary/aromatic N) is 2. The van der Waals surface area contributed by atoms with Crippen LogP contribution in [0.15, 0.2) is 18.2 Å². The summed E-state index contributed by atoms with van der Waals surface area (Å²) >= 11 is 0. The van der Waals surface area contributed by atoms with Crippen LogP contribution >= 0.6 is 0 Å². The van der Waals surface area contributed by atoms with E-state index in [-0.39, 0.29) is 5.56 Å². The summed E-state index contributed by atoms with van der Waals surface area (Å²) < 4.78 is 13.4. The van der Waals surface area contributed by atoms with Gasteiger partial charge in [0, 0.05) is 19.1 Å². The van der Waals surface area contributed by atoms with Crippen molar-refractivity contribution in [3.8, 4) is 6.07 Å². The molecule has 1 aromatic rings. The second-order valence-corrected chi connectivity index (χ2v) is 5.40. The number of nitriles is 1. The minimum absolute atomic E-state index is 0.112. The Labute approximate surface area is 114 Å². The van der Waals surface area contributed by atoms with Gasteiger partial charge in [0.05, 0.1) is 5.69 Å². The van der Waals surface area contributed by atoms with Crippen molar-refractivity contribution in [3.63, 3.8) is 0 Å². The maximum Gasteiger partial charge on any atom is 0.143 e. The lowest BCUT2D eigenvalue weighted by Crippen LogP contribution is -2.29. The van der Waals surface area contributed by atoms with Crippen molar-refractivity contribution in [2.75, 3.05) is 25.0 Å². The van der Waals surface area contributed by atoms with Crippen LogP contribution in [0, 0.1) is 23.1 Å². The third kappa shape index (κ3) is 3.24. The molecule has 3 nitrogen and oxygen atoms in total. The molecule has 2 rings (SSSR count). The molecule has 1 heterocycles. The molecule has 4 heteroatoms. The van der Waals surface area contributed by atoms with Crippen molar-refractivity contribution in [3.05, 3.63) is 29.6 Å². The molecule has 102 valence electrons. The minimum Gasteiger partial charge on any atom is -0.384 e. The molecule has 1 aliphatic rings. The fourth-order valence-corrected chi connectivity index (χ4v) is 2.54. The monoisotopic (exact) mass is 261 g/mol. The molecule has 1 aromatic carbocycles. The zero-order valence-electron chi connectivity index (χ0n) is 11.5. The van der Waals surface area contributed by atoms with Crippen LogP contribution in [0.3, 0.4) is 0 Å². The summed E-state index contributed by atoms with van der Waals surface area (Å²) in [6.45, 7) is 7.40. The molecule has 1 aliphatic heterocycles. The van der Waals surface area contributed by atoms with Crippen molar-refractivity contribution in [1.29, 1.82) is 5.26 Å². The van der Waals surface area contributed by atoms with Crippen LogP contribution in [0.25, 0.3) is 0 Å². The van der Waals surface area contributed by atoms with E-state index in [1.54, 1.807) is 12.1 Å². The van der Waals surface area contributed by atoms with Crippen molar-refractivity contribution in [1.82, 2.24) is 4.90 Å². The predicted molar refractivity (Wildman–Crippen MR) is 74.4 cm³/mol. The summed E-state index contributed by atoms with van der Waals surface area (Å²) in [5.41, 5.74) is 0.715. The lowest BCUT2D eigenvalue weighted by Gasteiger charge is -2.20. The number of nitrogens with one attached hydrogen (secondary N) is 1. The molecule has 0 saturated carbocycles. The summed E-state index contributed by atoms with van der Waals surface area (Å²) in [4.78, 5) is 2.45. The maximum absolute atomic E-state index is 13.4. The molecule has 0 bridgehead atoms. The Kier molecular flexibility index (Phi) is 4.39. The molecule has 0 radical (unpaired) electrons. The van der Waals surface area contributed by atoms with E-state index in [9.17, 15) is 4.39 Å². The van der Waals surface area contributed by atoms with E-state index in [2.05, 4.69) is 24.1 Å². The summed E-state index contributed by atoms with van der Waals surface area (Å²) in [5, 5.41) is 12.2. The molecular weight excluding hydrogens is 241 g/mol. The van der Waals surface area contributed by atoms with Crippen LogP contribution < -0.4 is 5.32 Å². The van der Waals surface area contributed by atoms with Gasteiger partial charge in [-0.05, 0) is 44.9 Å². The highest BCUT2D eigenvalue weighted by atomic mass is 19.1. The van der Waals surface area contributed by atoms with Gasteiger partial charge in [-0.3, -0.25) is 0 Å². The number of halogens is 1. The third-order valence-corrected chi connectivity index (χ3v) is 3.75. The Morgan fingerprint density at radius 1 is 1.53 bits per heavy atom. The number of likely N-dealkylation sites (tertiary alicyclic amines) is 1. The topological polar surface area (TPSA) is 39.1 Å². The van der Waals surface area contributed by atoms with Gasteiger partial charge >= 0.3 is 0 Å². The fourth-order valence-electron chi connectivity index (χ4n) is 2.54. The van der Waals surface area contributed by atoms with Crippen molar-refractivity contribution in [2.24, 2.45) is 5.92 Å². The van der Waals surface area contributed by atoms with Gasteiger partial charge in [-0.15, -0.1) is 0 Å². The van der Waals surface area contributed by atoms with Gasteiger partial charge in [-0.2, -0.15) is 5.26 Å². The van der Waals surface area contributed by atoms with Gasteiger partial charge in [-0.25, -0.2) is 4.39 Å². The molecule has 1 unspecified atom stereocenters. The highest BCUT2D eigenvalue weighted by Crippen LogP contribution is 2.22. The highest BCUT2D eigenvalue weighted by molar-refractivity contribution is 5.57. The molecule has 0 aromatic heterocycles. The average Bonchev–Trinajstić information content (AvgIpc) is 2.85. The standard InChI is InChI=1S/C15H20FN3/c1-11(2)19-7-6-12(10-19)9-18-15-5-3-4-14(16)13(15)8-17/h3-5,11-12,18H,6-7,9-10H2,1-2H3. The Morgan fingerprint density at radius 2 is 2.32 bits per heavy atom. The second-order valence-electron chi connectivity index (χ2n) is 5.40. The van der Waals surface area contributed by atoms with Crippen LogP contribution in [0.4, 0.5) is 10.1 Å². The lowest BCUT2D eigenvalue weighted by molar-refractivity contribution is 0.266. The van der Waals surface area contributed by atoms with E-state index in [4.69, 9.17) is 5.26 Å². The lowest BCUT2D eigenvalue weighted by atomic mass is 10.1. The van der Waals surface area contributed by atoms with Crippen LogP contribution in [0.2, 0.25) is 0 Å². The number of rotatable bonds is 4. The van der Waals surface area contributed by atoms with E-state index < -0.39 is 5.82 Å². The van der Waals surface area contributed by atoms with Gasteiger partial charge in [-0.1, -0.05) is 6.07 Å². The first-order valence-corrected chi connectivity index (χ1v) is 6.78.